The van der Waals surface area contributed by atoms with Crippen LogP contribution >= 0.6 is 0 Å². The summed E-state index contributed by atoms with van der Waals surface area (Å²) in [5.74, 6) is -0.486. The summed E-state index contributed by atoms with van der Waals surface area (Å²) in [4.78, 5) is 59.2. The van der Waals surface area contributed by atoms with Crippen LogP contribution in [0.1, 0.15) is 57.1 Å². The van der Waals surface area contributed by atoms with Crippen LogP contribution in [0.2, 0.25) is 0 Å². The van der Waals surface area contributed by atoms with Gasteiger partial charge >= 0.3 is 64.3 Å². The number of imide groups is 1. The van der Waals surface area contributed by atoms with E-state index in [0.717, 1.165) is 30.4 Å². The molecular weight excluding hydrogens is 552 g/mol. The van der Waals surface area contributed by atoms with Gasteiger partial charge in [0.1, 0.15) is 5.78 Å². The number of rotatable bonds is 16. The maximum Gasteiger partial charge on any atom is 1.00 e. The monoisotopic (exact) mass is 587 g/mol. The van der Waals surface area contributed by atoms with E-state index in [1.807, 2.05) is 6.92 Å². The minimum Gasteiger partial charge on any atom is -0.648 e. The first-order chi connectivity index (χ1) is 17.3. The van der Waals surface area contributed by atoms with Crippen molar-refractivity contribution >= 4 is 29.6 Å². The molecule has 2 rings (SSSR count). The predicted molar refractivity (Wildman–Crippen MR) is 132 cm³/mol. The Bertz CT molecular complexity index is 908. The van der Waals surface area contributed by atoms with Crippen LogP contribution in [0.5, 0.6) is 0 Å². The number of amides is 4. The van der Waals surface area contributed by atoms with Gasteiger partial charge in [0, 0.05) is 31.8 Å². The molecular formula is C26H36N3O7Rb. The second-order valence-corrected chi connectivity index (χ2v) is 8.87. The van der Waals surface area contributed by atoms with Crippen molar-refractivity contribution in [3.8, 4) is 0 Å². The van der Waals surface area contributed by atoms with Gasteiger partial charge < -0.3 is 24.9 Å². The topological polar surface area (TPSA) is 133 Å². The van der Waals surface area contributed by atoms with Crippen LogP contribution in [-0.2, 0) is 41.6 Å². The third-order valence-corrected chi connectivity index (χ3v) is 5.89. The maximum absolute atomic E-state index is 12.0. The normalized spacial score (nSPS) is 13.1. The summed E-state index contributed by atoms with van der Waals surface area (Å²) in [5.41, 5.74) is 1.63. The Morgan fingerprint density at radius 3 is 2.38 bits per heavy atom. The van der Waals surface area contributed by atoms with E-state index in [4.69, 9.17) is 9.47 Å². The molecule has 1 atom stereocenters. The molecule has 0 aromatic heterocycles. The van der Waals surface area contributed by atoms with Gasteiger partial charge in [-0.15, -0.1) is 6.54 Å². The fourth-order valence-corrected chi connectivity index (χ4v) is 3.34. The van der Waals surface area contributed by atoms with Gasteiger partial charge in [0.15, 0.2) is 0 Å². The number of ether oxygens (including phenoxy) is 2. The molecule has 198 valence electrons. The van der Waals surface area contributed by atoms with Crippen molar-refractivity contribution in [3.63, 3.8) is 0 Å². The van der Waals surface area contributed by atoms with Gasteiger partial charge in [0.2, 0.25) is 11.8 Å². The molecule has 1 heterocycles. The molecule has 37 heavy (non-hydrogen) atoms. The van der Waals surface area contributed by atoms with Crippen LogP contribution in [0.25, 0.3) is 5.32 Å². The van der Waals surface area contributed by atoms with E-state index < -0.39 is 6.09 Å². The largest absolute Gasteiger partial charge is 1.00 e. The Labute approximate surface area is 267 Å². The number of hydrogen-bond donors (Lipinski definition) is 1. The Kier molecular flexibility index (Phi) is 17.0. The van der Waals surface area contributed by atoms with Crippen molar-refractivity contribution in [2.45, 2.75) is 58.9 Å². The number of nitrogens with zero attached hydrogens (tertiary/aromatic N) is 2. The Morgan fingerprint density at radius 2 is 1.76 bits per heavy atom. The van der Waals surface area contributed by atoms with Crippen molar-refractivity contribution in [1.82, 2.24) is 10.2 Å². The fourth-order valence-electron chi connectivity index (χ4n) is 3.34. The average Bonchev–Trinajstić information content (AvgIpc) is 2.84. The molecule has 0 radical (unpaired) electrons. The molecule has 1 aliphatic rings. The van der Waals surface area contributed by atoms with Crippen molar-refractivity contribution < 1.29 is 91.6 Å². The Balaban J connectivity index is 0.00000684. The van der Waals surface area contributed by atoms with E-state index in [-0.39, 0.29) is 120 Å². The summed E-state index contributed by atoms with van der Waals surface area (Å²) >= 11 is 0. The van der Waals surface area contributed by atoms with E-state index in [0.29, 0.717) is 25.9 Å². The number of carbonyl (C=O) groups is 5. The number of Topliss-reactive ketones (excluding diaryl/α,β-unsaturated/α-hetero) is 1. The zero-order valence-electron chi connectivity index (χ0n) is 22.1. The molecule has 1 aliphatic heterocycles. The molecule has 10 nitrogen and oxygen atoms in total. The molecule has 0 saturated carbocycles. The van der Waals surface area contributed by atoms with Crippen LogP contribution in [0.15, 0.2) is 24.3 Å². The van der Waals surface area contributed by atoms with E-state index in [9.17, 15) is 24.0 Å². The van der Waals surface area contributed by atoms with Gasteiger partial charge in [-0.1, -0.05) is 43.2 Å². The fraction of sp³-hybridized carbons (Fsp3) is 0.577. The summed E-state index contributed by atoms with van der Waals surface area (Å²) in [6.45, 7) is 4.97. The van der Waals surface area contributed by atoms with E-state index >= 15 is 0 Å². The van der Waals surface area contributed by atoms with Crippen LogP contribution in [0.3, 0.4) is 0 Å². The molecule has 1 saturated heterocycles. The second-order valence-electron chi connectivity index (χ2n) is 8.87. The molecule has 11 heteroatoms. The molecule has 1 unspecified atom stereocenters. The number of hydrogen-bond acceptors (Lipinski definition) is 7. The number of likely N-dealkylation sites (tertiary alicyclic amines) is 1. The molecule has 0 bridgehead atoms. The number of unbranched alkanes of at least 4 members (excludes halogenated alkanes) is 1. The van der Waals surface area contributed by atoms with Crippen LogP contribution < -0.4 is 63.5 Å². The standard InChI is InChI=1S/C26H37N3O7.Rb/c1-19(20(2)30)6-3-4-12-27-26(34)36-15-5-14-35-18-23(31)28-17-22-9-7-21(8-10-22)16-25(33)29-13-11-24(29)32;/h7-10,19H,3-6,11-18H2,1-2H3,(H2,27,28,31,34);/q;+1/p-1. The molecule has 0 spiro atoms. The SMILES string of the molecule is CC(=O)C(C)CCCCNC(=O)OCCCOCC(=O)[N-]Cc1ccc(CC(=O)N2CCC2=O)cc1.[Rb+]. The second kappa shape index (κ2) is 18.7. The van der Waals surface area contributed by atoms with Crippen molar-refractivity contribution in [2.24, 2.45) is 5.92 Å². The van der Waals surface area contributed by atoms with Crippen LogP contribution in [0.4, 0.5) is 4.79 Å². The number of ketones is 1. The first-order valence-electron chi connectivity index (χ1n) is 12.4. The number of alkyl carbamates (subject to hydrolysis) is 1. The third-order valence-electron chi connectivity index (χ3n) is 5.89. The van der Waals surface area contributed by atoms with Crippen LogP contribution in [-0.4, -0.2) is 67.4 Å². The number of nitrogens with one attached hydrogen (secondary N) is 1. The number of benzene rings is 1. The minimum absolute atomic E-state index is 0. The minimum atomic E-state index is -0.495. The van der Waals surface area contributed by atoms with Crippen molar-refractivity contribution in [3.05, 3.63) is 40.7 Å². The van der Waals surface area contributed by atoms with Gasteiger partial charge in [-0.3, -0.25) is 19.3 Å². The first-order valence-corrected chi connectivity index (χ1v) is 12.4. The zero-order valence-corrected chi connectivity index (χ0v) is 27.0. The molecule has 1 aromatic carbocycles. The summed E-state index contributed by atoms with van der Waals surface area (Å²) < 4.78 is 10.3. The quantitative estimate of drug-likeness (QED) is 0.211. The number of β-lactam (4-membered cyclic amide) rings is 1. The van der Waals surface area contributed by atoms with E-state index in [1.165, 1.54) is 4.90 Å². The zero-order chi connectivity index (χ0) is 26.3. The van der Waals surface area contributed by atoms with Gasteiger partial charge in [-0.2, -0.15) is 0 Å². The Hall–Kier alpha value is -1.46. The van der Waals surface area contributed by atoms with Gasteiger partial charge in [0.25, 0.3) is 0 Å². The molecule has 4 amide bonds. The maximum atomic E-state index is 12.0. The summed E-state index contributed by atoms with van der Waals surface area (Å²) in [6.07, 6.45) is 3.02. The van der Waals surface area contributed by atoms with Gasteiger partial charge in [-0.25, -0.2) is 4.79 Å². The van der Waals surface area contributed by atoms with E-state index in [1.54, 1.807) is 31.2 Å². The molecule has 1 aromatic rings. The van der Waals surface area contributed by atoms with Crippen molar-refractivity contribution in [1.29, 1.82) is 0 Å². The van der Waals surface area contributed by atoms with E-state index in [2.05, 4.69) is 10.6 Å². The van der Waals surface area contributed by atoms with Crippen LogP contribution in [0, 0.1) is 5.92 Å². The summed E-state index contributed by atoms with van der Waals surface area (Å²) in [6, 6.07) is 7.18. The van der Waals surface area contributed by atoms with Gasteiger partial charge in [-0.05, 0) is 25.3 Å². The summed E-state index contributed by atoms with van der Waals surface area (Å²) in [5, 5.41) is 6.63. The molecule has 1 fully saturated rings. The van der Waals surface area contributed by atoms with Gasteiger partial charge in [0.05, 0.1) is 32.1 Å². The summed E-state index contributed by atoms with van der Waals surface area (Å²) in [7, 11) is 0. The molecule has 1 N–H and O–H groups in total. The predicted octanol–water partition coefficient (Wildman–Crippen LogP) is -0.0794. The average molecular weight is 588 g/mol. The Morgan fingerprint density at radius 1 is 1.05 bits per heavy atom. The number of carbonyl (C=O) groups excluding carboxylic acids is 5. The first kappa shape index (κ1) is 33.6. The smallest absolute Gasteiger partial charge is 0.648 e. The van der Waals surface area contributed by atoms with Crippen molar-refractivity contribution in [2.75, 3.05) is 32.9 Å². The molecule has 0 aliphatic carbocycles. The third kappa shape index (κ3) is 13.8.